The molecule has 0 saturated carbocycles. The highest BCUT2D eigenvalue weighted by Gasteiger charge is 2.35. The van der Waals surface area contributed by atoms with Crippen molar-refractivity contribution in [3.05, 3.63) is 0 Å². The minimum Gasteiger partial charge on any atom is -0.388 e. The number of hydrogen-bond acceptors (Lipinski definition) is 7. The van der Waals surface area contributed by atoms with Gasteiger partial charge in [-0.3, -0.25) is 9.32 Å². The van der Waals surface area contributed by atoms with Crippen molar-refractivity contribution >= 4 is 13.9 Å². The van der Waals surface area contributed by atoms with Crippen LogP contribution in [0.5, 0.6) is 0 Å². The van der Waals surface area contributed by atoms with E-state index in [0.717, 1.165) is 0 Å². The molecular formula is C6H12FO9P. The summed E-state index contributed by atoms with van der Waals surface area (Å²) in [5.74, 6) is 0. The highest BCUT2D eigenvalue weighted by atomic mass is 31.2. The summed E-state index contributed by atoms with van der Waals surface area (Å²) >= 11 is 0. The molecule has 0 radical (unpaired) electrons. The van der Waals surface area contributed by atoms with Crippen LogP contribution in [0.2, 0.25) is 0 Å². The third-order valence-corrected chi connectivity index (χ3v) is 2.20. The van der Waals surface area contributed by atoms with E-state index in [2.05, 4.69) is 4.52 Å². The van der Waals surface area contributed by atoms with Gasteiger partial charge in [-0.15, -0.1) is 0 Å². The molecule has 0 aromatic rings. The summed E-state index contributed by atoms with van der Waals surface area (Å²) in [5, 5.41) is 35.8. The van der Waals surface area contributed by atoms with Gasteiger partial charge in [0.25, 0.3) is 0 Å². The molecule has 4 atom stereocenters. The number of aliphatic hydroxyl groups excluding tert-OH is 4. The summed E-state index contributed by atoms with van der Waals surface area (Å²) in [5.41, 5.74) is 0. The first-order chi connectivity index (χ1) is 7.56. The normalized spacial score (nSPS) is 19.5. The van der Waals surface area contributed by atoms with E-state index in [1.807, 2.05) is 0 Å². The smallest absolute Gasteiger partial charge is 0.388 e. The van der Waals surface area contributed by atoms with E-state index in [1.54, 1.807) is 0 Å². The van der Waals surface area contributed by atoms with Crippen molar-refractivity contribution < 1.29 is 48.5 Å². The minimum atomic E-state index is -4.89. The van der Waals surface area contributed by atoms with E-state index in [-0.39, 0.29) is 0 Å². The molecule has 0 saturated heterocycles. The average Bonchev–Trinajstić information content (AvgIpc) is 2.21. The maximum Gasteiger partial charge on any atom is 0.469 e. The Labute approximate surface area is 94.3 Å². The lowest BCUT2D eigenvalue weighted by Crippen LogP contribution is -2.48. The summed E-state index contributed by atoms with van der Waals surface area (Å²) in [4.78, 5) is 26.5. The molecule has 0 aliphatic heterocycles. The molecule has 0 aromatic heterocycles. The van der Waals surface area contributed by atoms with Gasteiger partial charge in [-0.25, -0.2) is 4.57 Å². The van der Waals surface area contributed by atoms with Gasteiger partial charge in [0.15, 0.2) is 6.10 Å². The summed E-state index contributed by atoms with van der Waals surface area (Å²) in [6.07, 6.45) is -9.19. The van der Waals surface area contributed by atoms with E-state index in [1.165, 1.54) is 0 Å². The lowest BCUT2D eigenvalue weighted by atomic mass is 10.0. The number of hydrogen-bond donors (Lipinski definition) is 6. The fourth-order valence-electron chi connectivity index (χ4n) is 0.821. The van der Waals surface area contributed by atoms with Crippen LogP contribution >= 0.6 is 7.82 Å². The monoisotopic (exact) mass is 278 g/mol. The summed E-state index contributed by atoms with van der Waals surface area (Å²) in [6.45, 7) is -1.09. The van der Waals surface area contributed by atoms with Crippen molar-refractivity contribution in [2.75, 3.05) is 6.61 Å². The number of carbonyl (C=O) groups is 1. The molecule has 0 rings (SSSR count). The topological polar surface area (TPSA) is 165 Å². The molecule has 6 N–H and O–H groups in total. The molecule has 0 unspecified atom stereocenters. The van der Waals surface area contributed by atoms with Gasteiger partial charge in [-0.1, -0.05) is 0 Å². The first-order valence-electron chi connectivity index (χ1n) is 4.18. The van der Waals surface area contributed by atoms with Gasteiger partial charge in [0.05, 0.1) is 6.61 Å². The first-order valence-corrected chi connectivity index (χ1v) is 5.71. The molecule has 0 heterocycles. The Morgan fingerprint density at radius 3 is 2.00 bits per heavy atom. The largest absolute Gasteiger partial charge is 0.469 e. The number of phosphoric acid groups is 1. The second-order valence-corrected chi connectivity index (χ2v) is 4.32. The number of halogens is 1. The van der Waals surface area contributed by atoms with Crippen LogP contribution in [-0.2, 0) is 13.9 Å². The van der Waals surface area contributed by atoms with Crippen LogP contribution in [0.25, 0.3) is 0 Å². The average molecular weight is 278 g/mol. The van der Waals surface area contributed by atoms with Crippen LogP contribution < -0.4 is 0 Å². The van der Waals surface area contributed by atoms with Gasteiger partial charge < -0.3 is 30.2 Å². The molecule has 0 spiro atoms. The maximum atomic E-state index is 11.9. The lowest BCUT2D eigenvalue weighted by molar-refractivity contribution is -0.156. The predicted molar refractivity (Wildman–Crippen MR) is 48.1 cm³/mol. The zero-order valence-corrected chi connectivity index (χ0v) is 9.14. The van der Waals surface area contributed by atoms with Gasteiger partial charge >= 0.3 is 13.9 Å². The number of rotatable bonds is 7. The van der Waals surface area contributed by atoms with E-state index in [4.69, 9.17) is 30.2 Å². The van der Waals surface area contributed by atoms with Crippen LogP contribution in [0.15, 0.2) is 0 Å². The van der Waals surface area contributed by atoms with Crippen LogP contribution in [0.3, 0.4) is 0 Å². The molecule has 17 heavy (non-hydrogen) atoms. The highest BCUT2D eigenvalue weighted by molar-refractivity contribution is 7.46. The Morgan fingerprint density at radius 2 is 1.65 bits per heavy atom. The third kappa shape index (κ3) is 6.15. The Balaban J connectivity index is 4.34. The zero-order valence-electron chi connectivity index (χ0n) is 8.25. The third-order valence-electron chi connectivity index (χ3n) is 1.71. The quantitative estimate of drug-likeness (QED) is 0.211. The van der Waals surface area contributed by atoms with Gasteiger partial charge in [0.2, 0.25) is 0 Å². The number of carbonyl (C=O) groups excluding carboxylic acids is 1. The second kappa shape index (κ2) is 6.47. The van der Waals surface area contributed by atoms with Crippen molar-refractivity contribution in [2.24, 2.45) is 0 Å². The maximum absolute atomic E-state index is 11.9. The van der Waals surface area contributed by atoms with Crippen molar-refractivity contribution in [3.8, 4) is 0 Å². The highest BCUT2D eigenvalue weighted by Crippen LogP contribution is 2.35. The van der Waals surface area contributed by atoms with Gasteiger partial charge in [-0.2, -0.15) is 4.39 Å². The zero-order chi connectivity index (χ0) is 13.8. The fraction of sp³-hybridized carbons (Fsp3) is 0.833. The number of aliphatic hydroxyl groups is 4. The van der Waals surface area contributed by atoms with Crippen molar-refractivity contribution in [1.82, 2.24) is 0 Å². The molecule has 9 nitrogen and oxygen atoms in total. The van der Waals surface area contributed by atoms with Gasteiger partial charge in [0.1, 0.15) is 18.3 Å². The van der Waals surface area contributed by atoms with E-state index >= 15 is 0 Å². The summed E-state index contributed by atoms with van der Waals surface area (Å²) in [6, 6.07) is -2.33. The van der Waals surface area contributed by atoms with Crippen LogP contribution in [0, 0.1) is 0 Å². The first kappa shape index (κ1) is 16.6. The Morgan fingerprint density at radius 1 is 1.18 bits per heavy atom. The standard InChI is InChI=1S/C6H12FO9P/c7-6(12)5(11)4(10)3(9)2(8)1-16-17(13,14)15/h2-5,8-11H,1H2,(H2,13,14,15)/t2-,3-,4+,5-/m1/s1. The molecule has 0 amide bonds. The van der Waals surface area contributed by atoms with Gasteiger partial charge in [-0.05, 0) is 0 Å². The number of phosphoric ester groups is 1. The summed E-state index contributed by atoms with van der Waals surface area (Å²) < 4.78 is 26.0. The molecule has 11 heteroatoms. The Bertz CT molecular complexity index is 304. The van der Waals surface area contributed by atoms with E-state index in [9.17, 15) is 13.8 Å². The molecule has 0 aliphatic carbocycles. The van der Waals surface area contributed by atoms with Crippen LogP contribution in [-0.4, -0.2) is 67.3 Å². The van der Waals surface area contributed by atoms with Gasteiger partial charge in [0, 0.05) is 0 Å². The molecule has 102 valence electrons. The molecule has 0 aliphatic rings. The SMILES string of the molecule is O=C(F)[C@H](O)[C@@H](O)[C@H](O)[C@H](O)COP(=O)(O)O. The van der Waals surface area contributed by atoms with E-state index in [0.29, 0.717) is 0 Å². The van der Waals surface area contributed by atoms with E-state index < -0.39 is 44.9 Å². The van der Waals surface area contributed by atoms with Crippen molar-refractivity contribution in [2.45, 2.75) is 24.4 Å². The lowest BCUT2D eigenvalue weighted by Gasteiger charge is -2.24. The predicted octanol–water partition coefficient (Wildman–Crippen LogP) is -2.96. The minimum absolute atomic E-state index is 1.09. The van der Waals surface area contributed by atoms with Crippen LogP contribution in [0.4, 0.5) is 4.39 Å². The van der Waals surface area contributed by atoms with Crippen LogP contribution in [0.1, 0.15) is 0 Å². The second-order valence-electron chi connectivity index (χ2n) is 3.08. The van der Waals surface area contributed by atoms with Crippen molar-refractivity contribution in [3.63, 3.8) is 0 Å². The molecule has 0 fully saturated rings. The Hall–Kier alpha value is -0.450. The molecule has 0 bridgehead atoms. The molecule has 0 aromatic carbocycles. The summed E-state index contributed by atoms with van der Waals surface area (Å²) in [7, 11) is -4.89. The molecular weight excluding hydrogens is 266 g/mol. The van der Waals surface area contributed by atoms with Crippen molar-refractivity contribution in [1.29, 1.82) is 0 Å². The fourth-order valence-corrected chi connectivity index (χ4v) is 1.17. The Kier molecular flexibility index (Phi) is 6.30.